The van der Waals surface area contributed by atoms with Crippen molar-refractivity contribution in [3.8, 4) is 5.75 Å². The lowest BCUT2D eigenvalue weighted by Crippen LogP contribution is -1.98. The van der Waals surface area contributed by atoms with Crippen molar-refractivity contribution in [1.82, 2.24) is 0 Å². The molecule has 4 aromatic carbocycles. The van der Waals surface area contributed by atoms with Crippen LogP contribution in [0.15, 0.2) is 80.7 Å². The number of azo groups is 1. The molecule has 5 N–H and O–H groups in total. The van der Waals surface area contributed by atoms with E-state index in [0.29, 0.717) is 5.39 Å². The molecule has 4 rings (SSSR count). The van der Waals surface area contributed by atoms with Crippen molar-refractivity contribution in [2.75, 3.05) is 5.73 Å². The molecule has 0 heterocycles. The molecular formula is C20H15N3O7S2. The van der Waals surface area contributed by atoms with Crippen molar-refractivity contribution in [3.63, 3.8) is 0 Å². The van der Waals surface area contributed by atoms with Gasteiger partial charge in [0.2, 0.25) is 0 Å². The molecule has 0 aliphatic rings. The van der Waals surface area contributed by atoms with Gasteiger partial charge in [0, 0.05) is 27.9 Å². The molecule has 0 unspecified atom stereocenters. The SMILES string of the molecule is Nc1ccc(N=Nc2ccc3cccc(S(=O)(=O)O)c3c2)c2cc(S(=O)(=O)O)cc(O)c12. The molecule has 0 saturated heterocycles. The summed E-state index contributed by atoms with van der Waals surface area (Å²) in [5, 5.41) is 19.4. The van der Waals surface area contributed by atoms with Crippen LogP contribution in [0.4, 0.5) is 17.1 Å². The first-order valence-electron chi connectivity index (χ1n) is 8.90. The summed E-state index contributed by atoms with van der Waals surface area (Å²) in [5.74, 6) is -0.465. The summed E-state index contributed by atoms with van der Waals surface area (Å²) in [6, 6.07) is 13.9. The molecule has 0 spiro atoms. The van der Waals surface area contributed by atoms with Crippen LogP contribution in [0, 0.1) is 0 Å². The fraction of sp³-hybridized carbons (Fsp3) is 0. The van der Waals surface area contributed by atoms with Gasteiger partial charge in [0.1, 0.15) is 10.6 Å². The highest BCUT2D eigenvalue weighted by atomic mass is 32.2. The van der Waals surface area contributed by atoms with E-state index < -0.39 is 30.9 Å². The van der Waals surface area contributed by atoms with E-state index in [4.69, 9.17) is 5.73 Å². The number of hydrogen-bond acceptors (Lipinski definition) is 8. The second-order valence-electron chi connectivity index (χ2n) is 6.85. The summed E-state index contributed by atoms with van der Waals surface area (Å²) in [6.45, 7) is 0. The molecule has 0 saturated carbocycles. The highest BCUT2D eigenvalue weighted by Crippen LogP contribution is 2.39. The Labute approximate surface area is 182 Å². The number of benzene rings is 4. The van der Waals surface area contributed by atoms with Crippen LogP contribution in [0.5, 0.6) is 5.75 Å². The van der Waals surface area contributed by atoms with Crippen molar-refractivity contribution in [3.05, 3.63) is 60.7 Å². The van der Waals surface area contributed by atoms with E-state index in [1.54, 1.807) is 18.2 Å². The third-order valence-electron chi connectivity index (χ3n) is 4.75. The van der Waals surface area contributed by atoms with E-state index in [-0.39, 0.29) is 38.1 Å². The largest absolute Gasteiger partial charge is 0.507 e. The van der Waals surface area contributed by atoms with Crippen LogP contribution >= 0.6 is 0 Å². The average molecular weight is 473 g/mol. The van der Waals surface area contributed by atoms with Gasteiger partial charge in [-0.15, -0.1) is 5.11 Å². The summed E-state index contributed by atoms with van der Waals surface area (Å²) in [4.78, 5) is -0.833. The number of nitrogens with zero attached hydrogens (tertiary/aromatic N) is 2. The van der Waals surface area contributed by atoms with Crippen LogP contribution in [0.2, 0.25) is 0 Å². The molecule has 0 aliphatic carbocycles. The second-order valence-corrected chi connectivity index (χ2v) is 9.66. The maximum atomic E-state index is 11.7. The fourth-order valence-electron chi connectivity index (χ4n) is 3.32. The Balaban J connectivity index is 1.88. The van der Waals surface area contributed by atoms with Crippen LogP contribution in [0.25, 0.3) is 21.5 Å². The van der Waals surface area contributed by atoms with Gasteiger partial charge in [-0.3, -0.25) is 9.11 Å². The number of anilines is 1. The Bertz CT molecular complexity index is 1650. The number of phenolic OH excluding ortho intramolecular Hbond substituents is 1. The molecule has 0 atom stereocenters. The van der Waals surface area contributed by atoms with E-state index in [9.17, 15) is 31.0 Å². The lowest BCUT2D eigenvalue weighted by atomic mass is 10.1. The predicted octanol–water partition coefficient (Wildman–Crippen LogP) is 4.19. The Morgan fingerprint density at radius 3 is 2.22 bits per heavy atom. The highest BCUT2D eigenvalue weighted by molar-refractivity contribution is 7.86. The average Bonchev–Trinajstić information content (AvgIpc) is 2.71. The summed E-state index contributed by atoms with van der Waals surface area (Å²) in [5.41, 5.74) is 6.42. The Morgan fingerprint density at radius 1 is 0.781 bits per heavy atom. The maximum absolute atomic E-state index is 11.7. The van der Waals surface area contributed by atoms with Gasteiger partial charge in [0.25, 0.3) is 20.2 Å². The van der Waals surface area contributed by atoms with Gasteiger partial charge in [-0.1, -0.05) is 18.2 Å². The van der Waals surface area contributed by atoms with Crippen molar-refractivity contribution < 1.29 is 31.0 Å². The first-order chi connectivity index (χ1) is 14.9. The van der Waals surface area contributed by atoms with Gasteiger partial charge in [-0.25, -0.2) is 0 Å². The first-order valence-corrected chi connectivity index (χ1v) is 11.8. The van der Waals surface area contributed by atoms with Gasteiger partial charge in [0.15, 0.2) is 0 Å². The minimum absolute atomic E-state index is 0.126. The number of fused-ring (bicyclic) bond motifs is 2. The normalized spacial score (nSPS) is 12.7. The van der Waals surface area contributed by atoms with Crippen molar-refractivity contribution in [2.24, 2.45) is 10.2 Å². The van der Waals surface area contributed by atoms with Crippen LogP contribution in [-0.2, 0) is 20.2 Å². The molecule has 0 fully saturated rings. The van der Waals surface area contributed by atoms with E-state index in [1.165, 1.54) is 30.3 Å². The zero-order valence-corrected chi connectivity index (χ0v) is 17.7. The molecule has 12 heteroatoms. The predicted molar refractivity (Wildman–Crippen MR) is 118 cm³/mol. The van der Waals surface area contributed by atoms with Gasteiger partial charge >= 0.3 is 0 Å². The van der Waals surface area contributed by atoms with E-state index >= 15 is 0 Å². The van der Waals surface area contributed by atoms with Gasteiger partial charge in [-0.05, 0) is 41.8 Å². The molecule has 0 aromatic heterocycles. The topological polar surface area (TPSA) is 180 Å². The van der Waals surface area contributed by atoms with Crippen LogP contribution in [0.1, 0.15) is 0 Å². The third-order valence-corrected chi connectivity index (χ3v) is 6.49. The lowest BCUT2D eigenvalue weighted by molar-refractivity contribution is 0.471. The maximum Gasteiger partial charge on any atom is 0.295 e. The molecule has 4 aromatic rings. The summed E-state index contributed by atoms with van der Waals surface area (Å²) < 4.78 is 65.2. The third kappa shape index (κ3) is 3.99. The molecule has 164 valence electrons. The van der Waals surface area contributed by atoms with Crippen LogP contribution in [0.3, 0.4) is 0 Å². The highest BCUT2D eigenvalue weighted by Gasteiger charge is 2.17. The number of phenols is 1. The van der Waals surface area contributed by atoms with E-state index in [0.717, 1.165) is 12.1 Å². The van der Waals surface area contributed by atoms with Crippen molar-refractivity contribution in [2.45, 2.75) is 9.79 Å². The number of aromatic hydroxyl groups is 1. The molecule has 0 bridgehead atoms. The molecule has 10 nitrogen and oxygen atoms in total. The minimum atomic E-state index is -4.61. The Kier molecular flexibility index (Phi) is 5.09. The number of hydrogen-bond donors (Lipinski definition) is 4. The zero-order chi connectivity index (χ0) is 23.3. The quantitative estimate of drug-likeness (QED) is 0.193. The number of nitrogen functional groups attached to an aromatic ring is 1. The molecule has 0 radical (unpaired) electrons. The van der Waals surface area contributed by atoms with E-state index in [1.807, 2.05) is 0 Å². The molecule has 0 amide bonds. The lowest BCUT2D eigenvalue weighted by Gasteiger charge is -2.09. The molecule has 32 heavy (non-hydrogen) atoms. The summed E-state index contributed by atoms with van der Waals surface area (Å²) >= 11 is 0. The standard InChI is InChI=1S/C20H15N3O7S2/c21-16-6-7-17(15-9-13(31(25,26)27)10-18(24)20(15)16)23-22-12-5-4-11-2-1-3-19(14(11)8-12)32(28,29)30/h1-10,24H,21H2,(H,25,26,27)(H,28,29,30). The number of nitrogens with two attached hydrogens (primary N) is 1. The summed E-state index contributed by atoms with van der Waals surface area (Å²) in [7, 11) is -9.08. The Hall–Kier alpha value is -3.58. The van der Waals surface area contributed by atoms with E-state index in [2.05, 4.69) is 10.2 Å². The van der Waals surface area contributed by atoms with Gasteiger partial charge in [-0.2, -0.15) is 21.9 Å². The Morgan fingerprint density at radius 2 is 1.53 bits per heavy atom. The monoisotopic (exact) mass is 473 g/mol. The number of rotatable bonds is 4. The summed E-state index contributed by atoms with van der Waals surface area (Å²) in [6.07, 6.45) is 0. The van der Waals surface area contributed by atoms with Gasteiger partial charge in [0.05, 0.1) is 16.3 Å². The van der Waals surface area contributed by atoms with Crippen LogP contribution < -0.4 is 5.73 Å². The first kappa shape index (κ1) is 21.6. The minimum Gasteiger partial charge on any atom is -0.507 e. The van der Waals surface area contributed by atoms with Crippen molar-refractivity contribution >= 4 is 58.8 Å². The molecular weight excluding hydrogens is 458 g/mol. The zero-order valence-electron chi connectivity index (χ0n) is 16.0. The fourth-order valence-corrected chi connectivity index (χ4v) is 4.55. The molecule has 0 aliphatic heterocycles. The smallest absolute Gasteiger partial charge is 0.295 e. The van der Waals surface area contributed by atoms with Crippen molar-refractivity contribution in [1.29, 1.82) is 0 Å². The second kappa shape index (κ2) is 7.53. The van der Waals surface area contributed by atoms with Gasteiger partial charge < -0.3 is 10.8 Å². The van der Waals surface area contributed by atoms with Crippen LogP contribution in [-0.4, -0.2) is 31.0 Å².